The monoisotopic (exact) mass is 338 g/mol. The molecule has 0 heterocycles. The van der Waals surface area contributed by atoms with Gasteiger partial charge in [0.15, 0.2) is 0 Å². The highest BCUT2D eigenvalue weighted by Crippen LogP contribution is 2.40. The van der Waals surface area contributed by atoms with Crippen LogP contribution in [0.15, 0.2) is 24.3 Å². The fourth-order valence-electron chi connectivity index (χ4n) is 1.28. The van der Waals surface area contributed by atoms with Crippen molar-refractivity contribution < 1.29 is 14.3 Å². The van der Waals surface area contributed by atoms with Gasteiger partial charge < -0.3 is 4.74 Å². The summed E-state index contributed by atoms with van der Waals surface area (Å²) in [6.45, 7) is 0. The Labute approximate surface area is 130 Å². The lowest BCUT2D eigenvalue weighted by molar-refractivity contribution is -0.110. The van der Waals surface area contributed by atoms with Gasteiger partial charge in [-0.1, -0.05) is 12.1 Å². The third kappa shape index (κ3) is 6.56. The molecule has 1 aromatic carbocycles. The second kappa shape index (κ2) is 8.74. The van der Waals surface area contributed by atoms with Gasteiger partial charge >= 0.3 is 0 Å². The van der Waals surface area contributed by atoms with Crippen LogP contribution in [0.5, 0.6) is 5.75 Å². The summed E-state index contributed by atoms with van der Waals surface area (Å²) in [5.74, 6) is 1.11. The number of benzene rings is 1. The minimum absolute atomic E-state index is 0.0729. The molecule has 0 unspecified atom stereocenters. The molecule has 3 nitrogen and oxygen atoms in total. The van der Waals surface area contributed by atoms with Crippen molar-refractivity contribution in [2.45, 2.75) is 4.58 Å². The number of halogens is 2. The lowest BCUT2D eigenvalue weighted by Crippen LogP contribution is -1.99. The first kappa shape index (κ1) is 16.7. The zero-order valence-corrected chi connectivity index (χ0v) is 13.2. The van der Waals surface area contributed by atoms with Gasteiger partial charge in [0.1, 0.15) is 5.75 Å². The van der Waals surface area contributed by atoms with Gasteiger partial charge in [-0.25, -0.2) is 0 Å². The van der Waals surface area contributed by atoms with Crippen molar-refractivity contribution in [3.8, 4) is 5.75 Å². The van der Waals surface area contributed by atoms with Crippen LogP contribution in [0.25, 0.3) is 0 Å². The maximum atomic E-state index is 10.8. The van der Waals surface area contributed by atoms with Gasteiger partial charge in [0, 0.05) is 0 Å². The van der Waals surface area contributed by atoms with Crippen molar-refractivity contribution in [2.24, 2.45) is 0 Å². The summed E-state index contributed by atoms with van der Waals surface area (Å²) in [5.41, 5.74) is 0.978. The van der Waals surface area contributed by atoms with Crippen LogP contribution in [0.2, 0.25) is 0 Å². The standard InChI is InChI=1S/C12H12Cl2O3S2/c1-17-9-4-2-8(3-5-9)12(18-6-10(13)15)19-7-11(14)16/h2-5,12H,6-7H2,1H3. The van der Waals surface area contributed by atoms with E-state index in [9.17, 15) is 9.59 Å². The predicted octanol–water partition coefficient (Wildman–Crippen LogP) is 3.69. The second-order valence-corrected chi connectivity index (χ2v) is 6.77. The molecule has 1 aromatic rings. The van der Waals surface area contributed by atoms with Gasteiger partial charge in [-0.15, -0.1) is 23.5 Å². The van der Waals surface area contributed by atoms with Crippen LogP contribution in [0.3, 0.4) is 0 Å². The number of carbonyl (C=O) groups excluding carboxylic acids is 2. The molecule has 0 aliphatic carbocycles. The first-order valence-corrected chi connectivity index (χ1v) is 8.12. The predicted molar refractivity (Wildman–Crippen MR) is 82.4 cm³/mol. The second-order valence-electron chi connectivity index (χ2n) is 3.44. The third-order valence-corrected chi connectivity index (χ3v) is 5.49. The van der Waals surface area contributed by atoms with Gasteiger partial charge in [-0.2, -0.15) is 0 Å². The SMILES string of the molecule is COc1ccc(C(SCC(=O)Cl)SCC(=O)Cl)cc1. The number of ether oxygens (including phenoxy) is 1. The van der Waals surface area contributed by atoms with Crippen molar-refractivity contribution >= 4 is 57.2 Å². The molecule has 7 heteroatoms. The topological polar surface area (TPSA) is 43.4 Å². The van der Waals surface area contributed by atoms with Crippen molar-refractivity contribution in [2.75, 3.05) is 18.6 Å². The molecule has 0 spiro atoms. The molecule has 0 saturated heterocycles. The Morgan fingerprint density at radius 2 is 1.58 bits per heavy atom. The minimum Gasteiger partial charge on any atom is -0.497 e. The highest BCUT2D eigenvalue weighted by Gasteiger charge is 2.15. The normalized spacial score (nSPS) is 10.5. The quantitative estimate of drug-likeness (QED) is 0.534. The van der Waals surface area contributed by atoms with E-state index in [4.69, 9.17) is 27.9 Å². The Balaban J connectivity index is 2.74. The maximum Gasteiger partial charge on any atom is 0.231 e. The summed E-state index contributed by atoms with van der Waals surface area (Å²) in [7, 11) is 1.59. The van der Waals surface area contributed by atoms with E-state index >= 15 is 0 Å². The molecule has 0 aliphatic heterocycles. The maximum absolute atomic E-state index is 10.8. The van der Waals surface area contributed by atoms with Crippen LogP contribution in [-0.2, 0) is 9.59 Å². The Kier molecular flexibility index (Phi) is 7.68. The number of carbonyl (C=O) groups is 2. The smallest absolute Gasteiger partial charge is 0.231 e. The molecule has 0 bridgehead atoms. The Hall–Kier alpha value is -0.360. The van der Waals surface area contributed by atoms with E-state index in [1.807, 2.05) is 24.3 Å². The number of hydrogen-bond donors (Lipinski definition) is 0. The summed E-state index contributed by atoms with van der Waals surface area (Å²) >= 11 is 13.4. The lowest BCUT2D eigenvalue weighted by atomic mass is 10.2. The van der Waals surface area contributed by atoms with Gasteiger partial charge in [-0.3, -0.25) is 9.59 Å². The molecule has 1 rings (SSSR count). The van der Waals surface area contributed by atoms with Crippen LogP contribution in [0, 0.1) is 0 Å². The van der Waals surface area contributed by atoms with E-state index < -0.39 is 10.5 Å². The first-order valence-electron chi connectivity index (χ1n) is 5.26. The number of methoxy groups -OCH3 is 1. The molecule has 0 atom stereocenters. The Bertz CT molecular complexity index is 419. The van der Waals surface area contributed by atoms with Crippen LogP contribution < -0.4 is 4.74 Å². The summed E-state index contributed by atoms with van der Waals surface area (Å²) < 4.78 is 5.01. The number of thioether (sulfide) groups is 2. The van der Waals surface area contributed by atoms with E-state index in [0.29, 0.717) is 0 Å². The zero-order valence-electron chi connectivity index (χ0n) is 10.1. The molecule has 19 heavy (non-hydrogen) atoms. The summed E-state index contributed by atoms with van der Waals surface area (Å²) in [4.78, 5) is 21.7. The summed E-state index contributed by atoms with van der Waals surface area (Å²) in [6, 6.07) is 7.44. The van der Waals surface area contributed by atoms with Gasteiger partial charge in [0.2, 0.25) is 10.5 Å². The molecule has 0 aliphatic rings. The third-order valence-electron chi connectivity index (χ3n) is 2.08. The van der Waals surface area contributed by atoms with Crippen LogP contribution >= 0.6 is 46.7 Å². The van der Waals surface area contributed by atoms with Crippen LogP contribution in [0.4, 0.5) is 0 Å². The average Bonchev–Trinajstić information content (AvgIpc) is 2.38. The number of hydrogen-bond acceptors (Lipinski definition) is 5. The fourth-order valence-corrected chi connectivity index (χ4v) is 3.72. The Morgan fingerprint density at radius 3 is 1.95 bits per heavy atom. The van der Waals surface area contributed by atoms with Gasteiger partial charge in [-0.05, 0) is 40.9 Å². The average molecular weight is 339 g/mol. The number of rotatable bonds is 8. The molecule has 0 saturated carbocycles. The fraction of sp³-hybridized carbons (Fsp3) is 0.333. The van der Waals surface area contributed by atoms with Crippen LogP contribution in [-0.4, -0.2) is 29.1 Å². The summed E-state index contributed by atoms with van der Waals surface area (Å²) in [5, 5.41) is -0.831. The van der Waals surface area contributed by atoms with E-state index in [1.54, 1.807) is 7.11 Å². The molecule has 0 fully saturated rings. The summed E-state index contributed by atoms with van der Waals surface area (Å²) in [6.07, 6.45) is 0. The highest BCUT2D eigenvalue weighted by atomic mass is 35.5. The van der Waals surface area contributed by atoms with E-state index in [0.717, 1.165) is 11.3 Å². The highest BCUT2D eigenvalue weighted by molar-refractivity contribution is 8.17. The van der Waals surface area contributed by atoms with Crippen LogP contribution in [0.1, 0.15) is 10.1 Å². The van der Waals surface area contributed by atoms with Crippen molar-refractivity contribution in [3.05, 3.63) is 29.8 Å². The lowest BCUT2D eigenvalue weighted by Gasteiger charge is -2.15. The molecular formula is C12H12Cl2O3S2. The van der Waals surface area contributed by atoms with E-state index in [1.165, 1.54) is 23.5 Å². The zero-order chi connectivity index (χ0) is 14.3. The molecule has 0 aromatic heterocycles. The van der Waals surface area contributed by atoms with E-state index in [2.05, 4.69) is 0 Å². The molecule has 0 N–H and O–H groups in total. The van der Waals surface area contributed by atoms with Crippen molar-refractivity contribution in [3.63, 3.8) is 0 Å². The largest absolute Gasteiger partial charge is 0.497 e. The van der Waals surface area contributed by atoms with Crippen molar-refractivity contribution in [1.82, 2.24) is 0 Å². The molecular weight excluding hydrogens is 327 g/mol. The van der Waals surface area contributed by atoms with E-state index in [-0.39, 0.29) is 16.1 Å². The van der Waals surface area contributed by atoms with Gasteiger partial charge in [0.05, 0.1) is 23.2 Å². The van der Waals surface area contributed by atoms with Crippen molar-refractivity contribution in [1.29, 1.82) is 0 Å². The molecule has 0 radical (unpaired) electrons. The minimum atomic E-state index is -0.415. The Morgan fingerprint density at radius 1 is 1.11 bits per heavy atom. The first-order chi connectivity index (χ1) is 9.02. The molecule has 0 amide bonds. The van der Waals surface area contributed by atoms with Gasteiger partial charge in [0.25, 0.3) is 0 Å². The molecule has 104 valence electrons.